The maximum atomic E-state index is 13.4. The molecule has 0 bridgehead atoms. The first kappa shape index (κ1) is 32.0. The molecule has 218 valence electrons. The van der Waals surface area contributed by atoms with Crippen LogP contribution in [0.25, 0.3) is 0 Å². The van der Waals surface area contributed by atoms with Gasteiger partial charge in [-0.2, -0.15) is 0 Å². The monoisotopic (exact) mass is 560 g/mol. The number of rotatable bonds is 12. The van der Waals surface area contributed by atoms with Crippen molar-refractivity contribution in [2.24, 2.45) is 23.2 Å². The zero-order valence-corrected chi connectivity index (χ0v) is 25.2. The molecular weight excluding hydrogens is 511 g/mol. The van der Waals surface area contributed by atoms with Crippen molar-refractivity contribution >= 4 is 13.4 Å². The predicted octanol–water partition coefficient (Wildman–Crippen LogP) is 7.10. The molecule has 0 aromatic carbocycles. The second-order valence-corrected chi connectivity index (χ2v) is 13.9. The van der Waals surface area contributed by atoms with Crippen LogP contribution in [0.5, 0.6) is 0 Å². The Morgan fingerprint density at radius 2 is 1.90 bits per heavy atom. The van der Waals surface area contributed by atoms with E-state index < -0.39 is 25.5 Å². The molecular formula is C32H49O6P. The molecule has 0 aliphatic heterocycles. The van der Waals surface area contributed by atoms with Crippen LogP contribution >= 0.6 is 7.60 Å². The van der Waals surface area contributed by atoms with E-state index >= 15 is 0 Å². The van der Waals surface area contributed by atoms with Gasteiger partial charge in [0.15, 0.2) is 5.78 Å². The topological polar surface area (TPSA) is 93.1 Å². The van der Waals surface area contributed by atoms with Gasteiger partial charge in [0.1, 0.15) is 5.66 Å². The van der Waals surface area contributed by atoms with Crippen molar-refractivity contribution in [3.8, 4) is 0 Å². The summed E-state index contributed by atoms with van der Waals surface area (Å²) in [5.74, 6) is 0.850. The number of hydrogen-bond acceptors (Lipinski definition) is 6. The van der Waals surface area contributed by atoms with Crippen LogP contribution in [0.3, 0.4) is 0 Å². The average molecular weight is 561 g/mol. The average Bonchev–Trinajstić information content (AvgIpc) is 3.24. The first-order valence-corrected chi connectivity index (χ1v) is 16.3. The molecule has 7 heteroatoms. The third kappa shape index (κ3) is 7.21. The van der Waals surface area contributed by atoms with E-state index in [0.29, 0.717) is 24.7 Å². The van der Waals surface area contributed by atoms with Gasteiger partial charge in [-0.25, -0.2) is 0 Å². The highest BCUT2D eigenvalue weighted by molar-refractivity contribution is 7.55. The fourth-order valence-electron chi connectivity index (χ4n) is 7.24. The Labute approximate surface area is 235 Å². The number of carbonyl (C=O) groups excluding carboxylic acids is 1. The summed E-state index contributed by atoms with van der Waals surface area (Å²) in [4.78, 5) is 13.2. The number of aliphatic hydroxyl groups is 2. The maximum Gasteiger partial charge on any atom is 0.341 e. The minimum atomic E-state index is -3.59. The van der Waals surface area contributed by atoms with E-state index in [-0.39, 0.29) is 36.8 Å². The molecule has 3 saturated carbocycles. The third-order valence-electron chi connectivity index (χ3n) is 9.22. The predicted molar refractivity (Wildman–Crippen MR) is 157 cm³/mol. The Morgan fingerprint density at radius 1 is 1.21 bits per heavy atom. The van der Waals surface area contributed by atoms with Crippen molar-refractivity contribution in [1.29, 1.82) is 0 Å². The van der Waals surface area contributed by atoms with E-state index in [1.807, 2.05) is 6.08 Å². The van der Waals surface area contributed by atoms with E-state index in [1.165, 1.54) is 5.57 Å². The van der Waals surface area contributed by atoms with E-state index in [9.17, 15) is 19.6 Å². The maximum absolute atomic E-state index is 13.4. The molecule has 3 fully saturated rings. The third-order valence-corrected chi connectivity index (χ3v) is 11.7. The Hall–Kier alpha value is -1.56. The molecule has 0 saturated heterocycles. The van der Waals surface area contributed by atoms with Crippen LogP contribution in [-0.2, 0) is 18.4 Å². The van der Waals surface area contributed by atoms with Gasteiger partial charge in [0.2, 0.25) is 0 Å². The number of hydrogen-bond donors (Lipinski definition) is 2. The van der Waals surface area contributed by atoms with Gasteiger partial charge in [-0.05, 0) is 99.2 Å². The van der Waals surface area contributed by atoms with Gasteiger partial charge in [0.05, 0.1) is 25.4 Å². The molecule has 0 amide bonds. The quantitative estimate of drug-likeness (QED) is 0.150. The van der Waals surface area contributed by atoms with Gasteiger partial charge in [0, 0.05) is 6.42 Å². The number of aliphatic hydroxyl groups excluding tert-OH is 2. The molecule has 0 spiro atoms. The Bertz CT molecular complexity index is 1030. The van der Waals surface area contributed by atoms with Gasteiger partial charge < -0.3 is 19.3 Å². The Balaban J connectivity index is 1.76. The normalized spacial score (nSPS) is 33.4. The molecule has 6 nitrogen and oxygen atoms in total. The molecule has 0 radical (unpaired) electrons. The second kappa shape index (κ2) is 13.9. The highest BCUT2D eigenvalue weighted by atomic mass is 31.2. The fraction of sp³-hybridized carbons (Fsp3) is 0.656. The fourth-order valence-corrected chi connectivity index (χ4v) is 9.20. The van der Waals surface area contributed by atoms with E-state index in [0.717, 1.165) is 43.3 Å². The van der Waals surface area contributed by atoms with E-state index in [2.05, 4.69) is 39.2 Å². The van der Waals surface area contributed by atoms with Crippen LogP contribution in [0.2, 0.25) is 0 Å². The summed E-state index contributed by atoms with van der Waals surface area (Å²) in [6, 6.07) is 0. The number of fused-ring (bicyclic) bond motifs is 1. The molecule has 3 rings (SSSR count). The summed E-state index contributed by atoms with van der Waals surface area (Å²) in [5.41, 5.74) is 2.35. The SMILES string of the molecule is C=CCC(C(=O)/C=C/[C@@H](C)[C@H]1CCC2/C(=C/C=C3/C[C@@H](O)C[C@H](O)C3=C)CCC[C@@]21C)P(=O)(OCC)OCC. The summed E-state index contributed by atoms with van der Waals surface area (Å²) in [6.07, 6.45) is 14.9. The van der Waals surface area contributed by atoms with Gasteiger partial charge in [-0.15, -0.1) is 6.58 Å². The zero-order valence-electron chi connectivity index (χ0n) is 24.3. The van der Waals surface area contributed by atoms with Crippen molar-refractivity contribution in [1.82, 2.24) is 0 Å². The van der Waals surface area contributed by atoms with Crippen LogP contribution in [-0.4, -0.2) is 47.1 Å². The largest absolute Gasteiger partial charge is 0.393 e. The van der Waals surface area contributed by atoms with Crippen LogP contribution in [0.1, 0.15) is 79.1 Å². The number of allylic oxidation sites excluding steroid dienone is 6. The highest BCUT2D eigenvalue weighted by Gasteiger charge is 2.50. The molecule has 2 unspecified atom stereocenters. The first-order valence-electron chi connectivity index (χ1n) is 14.7. The number of carbonyl (C=O) groups is 1. The highest BCUT2D eigenvalue weighted by Crippen LogP contribution is 2.60. The Kier molecular flexibility index (Phi) is 11.4. The van der Waals surface area contributed by atoms with Crippen molar-refractivity contribution < 1.29 is 28.6 Å². The van der Waals surface area contributed by atoms with Gasteiger partial charge in [-0.1, -0.05) is 50.3 Å². The van der Waals surface area contributed by atoms with Crippen LogP contribution in [0, 0.1) is 23.2 Å². The summed E-state index contributed by atoms with van der Waals surface area (Å²) >= 11 is 0. The molecule has 3 aliphatic carbocycles. The lowest BCUT2D eigenvalue weighted by molar-refractivity contribution is -0.114. The lowest BCUT2D eigenvalue weighted by Gasteiger charge is -2.44. The van der Waals surface area contributed by atoms with E-state index in [4.69, 9.17) is 9.05 Å². The minimum Gasteiger partial charge on any atom is -0.393 e. The van der Waals surface area contributed by atoms with Gasteiger partial charge in [-0.3, -0.25) is 9.36 Å². The molecule has 7 atom stereocenters. The smallest absolute Gasteiger partial charge is 0.341 e. The molecule has 0 aromatic heterocycles. The molecule has 0 heterocycles. The van der Waals surface area contributed by atoms with Crippen LogP contribution < -0.4 is 0 Å². The van der Waals surface area contributed by atoms with Crippen LogP contribution in [0.4, 0.5) is 0 Å². The lowest BCUT2D eigenvalue weighted by atomic mass is 9.61. The van der Waals surface area contributed by atoms with Crippen LogP contribution in [0.15, 0.2) is 60.3 Å². The standard InChI is InChI=1S/C32H49O6P/c1-7-11-31(39(36,37-8-2)38-9-3)29(34)18-13-22(4)27-16-17-28-24(12-10-19-32(27,28)6)14-15-25-20-26(33)21-30(35)23(25)5/h7,13-15,18,22,26-28,30-31,33,35H,1,5,8-12,16-17,19-21H2,2-4,6H3/b18-13+,24-14+,25-15-/t22-,26-,27-,28?,30+,31?,32-/m1/s1. The number of ketones is 1. The van der Waals surface area contributed by atoms with Crippen molar-refractivity contribution in [2.45, 2.75) is 96.9 Å². The van der Waals surface area contributed by atoms with Crippen molar-refractivity contribution in [2.75, 3.05) is 13.2 Å². The zero-order chi connectivity index (χ0) is 28.8. The summed E-state index contributed by atoms with van der Waals surface area (Å²) in [5, 5.41) is 20.3. The van der Waals surface area contributed by atoms with Gasteiger partial charge in [0.25, 0.3) is 0 Å². The van der Waals surface area contributed by atoms with Crippen molar-refractivity contribution in [3.05, 3.63) is 60.3 Å². The molecule has 2 N–H and O–H groups in total. The van der Waals surface area contributed by atoms with E-state index in [1.54, 1.807) is 26.0 Å². The summed E-state index contributed by atoms with van der Waals surface area (Å²) in [7, 11) is -3.59. The first-order chi connectivity index (χ1) is 18.5. The molecule has 3 aliphatic rings. The molecule has 39 heavy (non-hydrogen) atoms. The minimum absolute atomic E-state index is 0.129. The van der Waals surface area contributed by atoms with Crippen molar-refractivity contribution in [3.63, 3.8) is 0 Å². The summed E-state index contributed by atoms with van der Waals surface area (Å²) in [6.45, 7) is 16.3. The second-order valence-electron chi connectivity index (χ2n) is 11.7. The molecule has 0 aromatic rings. The summed E-state index contributed by atoms with van der Waals surface area (Å²) < 4.78 is 24.3. The Morgan fingerprint density at radius 3 is 2.54 bits per heavy atom. The van der Waals surface area contributed by atoms with Gasteiger partial charge >= 0.3 is 7.60 Å². The lowest BCUT2D eigenvalue weighted by Crippen LogP contribution is -2.35.